The normalized spacial score (nSPS) is 16.8. The van der Waals surface area contributed by atoms with Crippen LogP contribution in [0, 0.1) is 11.7 Å². The van der Waals surface area contributed by atoms with Gasteiger partial charge in [0.25, 0.3) is 10.0 Å². The molecule has 0 spiro atoms. The molecule has 0 amide bonds. The Morgan fingerprint density at radius 2 is 1.76 bits per heavy atom. The summed E-state index contributed by atoms with van der Waals surface area (Å²) in [5, 5.41) is 10.5. The number of benzene rings is 1. The number of halogens is 1. The van der Waals surface area contributed by atoms with Gasteiger partial charge in [-0.1, -0.05) is 26.0 Å². The predicted octanol–water partition coefficient (Wildman–Crippen LogP) is 3.39. The summed E-state index contributed by atoms with van der Waals surface area (Å²) in [6.45, 7) is 6.62. The Kier molecular flexibility index (Phi) is 7.10. The Morgan fingerprint density at radius 3 is 2.38 bits per heavy atom. The molecule has 1 saturated heterocycles. The summed E-state index contributed by atoms with van der Waals surface area (Å²) in [5.74, 6) is 0.537. The second-order valence-electron chi connectivity index (χ2n) is 7.99. The Labute approximate surface area is 172 Å². The first-order valence-corrected chi connectivity index (χ1v) is 11.4. The molecule has 29 heavy (non-hydrogen) atoms. The van der Waals surface area contributed by atoms with Crippen LogP contribution in [0.25, 0.3) is 0 Å². The van der Waals surface area contributed by atoms with Crippen LogP contribution in [-0.2, 0) is 16.6 Å². The highest BCUT2D eigenvalue weighted by Gasteiger charge is 2.30. The van der Waals surface area contributed by atoms with Crippen LogP contribution in [0.1, 0.15) is 44.1 Å². The summed E-state index contributed by atoms with van der Waals surface area (Å²) in [7, 11) is -3.58. The third kappa shape index (κ3) is 5.66. The lowest BCUT2D eigenvalue weighted by molar-refractivity contribution is 0.0964. The van der Waals surface area contributed by atoms with Crippen molar-refractivity contribution in [1.29, 1.82) is 0 Å². The minimum atomic E-state index is -3.58. The molecule has 1 aliphatic heterocycles. The maximum atomic E-state index is 13.1. The van der Waals surface area contributed by atoms with Gasteiger partial charge in [-0.25, -0.2) is 12.8 Å². The zero-order valence-electron chi connectivity index (χ0n) is 16.9. The topological polar surface area (TPSA) is 74.0 Å². The molecule has 0 saturated carbocycles. The summed E-state index contributed by atoms with van der Waals surface area (Å²) >= 11 is 0. The summed E-state index contributed by atoms with van der Waals surface area (Å²) in [5.41, 5.74) is 0.636. The van der Waals surface area contributed by atoms with Crippen molar-refractivity contribution in [2.24, 2.45) is 5.92 Å². The van der Waals surface area contributed by atoms with E-state index in [-0.39, 0.29) is 10.9 Å². The third-order valence-electron chi connectivity index (χ3n) is 4.98. The molecular weight excluding hydrogens is 395 g/mol. The van der Waals surface area contributed by atoms with E-state index in [1.165, 1.54) is 22.5 Å². The van der Waals surface area contributed by atoms with Gasteiger partial charge in [-0.3, -0.25) is 4.90 Å². The van der Waals surface area contributed by atoms with Crippen molar-refractivity contribution in [3.63, 3.8) is 0 Å². The molecule has 8 heteroatoms. The van der Waals surface area contributed by atoms with Gasteiger partial charge in [0.15, 0.2) is 0 Å². The lowest BCUT2D eigenvalue weighted by Crippen LogP contribution is -2.31. The second-order valence-corrected chi connectivity index (χ2v) is 9.86. The van der Waals surface area contributed by atoms with E-state index in [2.05, 4.69) is 13.8 Å². The van der Waals surface area contributed by atoms with Crippen LogP contribution >= 0.6 is 0 Å². The summed E-state index contributed by atoms with van der Waals surface area (Å²) in [6, 6.07) is 8.98. The first-order valence-electron chi connectivity index (χ1n) is 10.0. The van der Waals surface area contributed by atoms with Gasteiger partial charge in [-0.2, -0.15) is 4.31 Å². The fraction of sp³-hybridized carbons (Fsp3) is 0.524. The SMILES string of the molecule is CC(C)CN(Cc1ccc(S(=O)(=O)N2CCCC2)o1)CC(O)c1ccc(F)cc1. The van der Waals surface area contributed by atoms with Crippen LogP contribution in [0.3, 0.4) is 0 Å². The van der Waals surface area contributed by atoms with Crippen molar-refractivity contribution in [2.45, 2.75) is 44.4 Å². The molecular formula is C21H29FN2O4S. The molecule has 0 bridgehead atoms. The second kappa shape index (κ2) is 9.38. The van der Waals surface area contributed by atoms with Crippen molar-refractivity contribution < 1.29 is 22.3 Å². The minimum absolute atomic E-state index is 0.0296. The van der Waals surface area contributed by atoms with Crippen LogP contribution in [0.2, 0.25) is 0 Å². The zero-order valence-corrected chi connectivity index (χ0v) is 17.7. The highest BCUT2D eigenvalue weighted by Crippen LogP contribution is 2.24. The van der Waals surface area contributed by atoms with Gasteiger partial charge in [0.1, 0.15) is 11.6 Å². The van der Waals surface area contributed by atoms with E-state index < -0.39 is 16.1 Å². The first kappa shape index (κ1) is 22.0. The zero-order chi connectivity index (χ0) is 21.0. The maximum Gasteiger partial charge on any atom is 0.276 e. The molecule has 6 nitrogen and oxygen atoms in total. The van der Waals surface area contributed by atoms with E-state index in [0.717, 1.165) is 12.8 Å². The average Bonchev–Trinajstić information content (AvgIpc) is 3.34. The largest absolute Gasteiger partial charge is 0.447 e. The maximum absolute atomic E-state index is 13.1. The Morgan fingerprint density at radius 1 is 1.10 bits per heavy atom. The fourth-order valence-corrected chi connectivity index (χ4v) is 5.06. The number of nitrogens with zero attached hydrogens (tertiary/aromatic N) is 2. The smallest absolute Gasteiger partial charge is 0.276 e. The summed E-state index contributed by atoms with van der Waals surface area (Å²) in [4.78, 5) is 2.02. The third-order valence-corrected chi connectivity index (χ3v) is 6.76. The molecule has 1 atom stereocenters. The van der Waals surface area contributed by atoms with Gasteiger partial charge in [-0.05, 0) is 48.6 Å². The van der Waals surface area contributed by atoms with E-state index in [1.54, 1.807) is 18.2 Å². The van der Waals surface area contributed by atoms with E-state index in [1.807, 2.05) is 4.90 Å². The first-order chi connectivity index (χ1) is 13.8. The van der Waals surface area contributed by atoms with Gasteiger partial charge in [0.05, 0.1) is 12.6 Å². The molecule has 1 N–H and O–H groups in total. The molecule has 2 aromatic rings. The van der Waals surface area contributed by atoms with Crippen LogP contribution in [0.15, 0.2) is 45.9 Å². The number of hydrogen-bond donors (Lipinski definition) is 1. The molecule has 2 heterocycles. The molecule has 0 radical (unpaired) electrons. The Balaban J connectivity index is 1.70. The summed E-state index contributed by atoms with van der Waals surface area (Å²) in [6.07, 6.45) is 0.962. The average molecular weight is 425 g/mol. The molecule has 160 valence electrons. The van der Waals surface area contributed by atoms with Crippen molar-refractivity contribution in [3.8, 4) is 0 Å². The fourth-order valence-electron chi connectivity index (χ4n) is 3.61. The van der Waals surface area contributed by atoms with Crippen LogP contribution in [0.5, 0.6) is 0 Å². The summed E-state index contributed by atoms with van der Waals surface area (Å²) < 4.78 is 45.6. The van der Waals surface area contributed by atoms with Crippen molar-refractivity contribution in [3.05, 3.63) is 53.5 Å². The Hall–Kier alpha value is -1.74. The predicted molar refractivity (Wildman–Crippen MR) is 108 cm³/mol. The highest BCUT2D eigenvalue weighted by molar-refractivity contribution is 7.89. The van der Waals surface area contributed by atoms with E-state index in [9.17, 15) is 17.9 Å². The molecule has 0 aliphatic carbocycles. The number of aliphatic hydroxyl groups excluding tert-OH is 1. The number of sulfonamides is 1. The number of aliphatic hydroxyl groups is 1. The molecule has 1 aliphatic rings. The lowest BCUT2D eigenvalue weighted by atomic mass is 10.1. The highest BCUT2D eigenvalue weighted by atomic mass is 32.2. The van der Waals surface area contributed by atoms with Crippen molar-refractivity contribution in [1.82, 2.24) is 9.21 Å². The number of furan rings is 1. The van der Waals surface area contributed by atoms with Gasteiger partial charge < -0.3 is 9.52 Å². The van der Waals surface area contributed by atoms with E-state index in [4.69, 9.17) is 4.42 Å². The van der Waals surface area contributed by atoms with Crippen molar-refractivity contribution >= 4 is 10.0 Å². The van der Waals surface area contributed by atoms with Gasteiger partial charge in [0, 0.05) is 26.2 Å². The molecule has 3 rings (SSSR count). The lowest BCUT2D eigenvalue weighted by Gasteiger charge is -2.26. The minimum Gasteiger partial charge on any atom is -0.447 e. The van der Waals surface area contributed by atoms with Crippen LogP contribution in [-0.4, -0.2) is 48.9 Å². The van der Waals surface area contributed by atoms with E-state index >= 15 is 0 Å². The number of rotatable bonds is 9. The van der Waals surface area contributed by atoms with Crippen molar-refractivity contribution in [2.75, 3.05) is 26.2 Å². The van der Waals surface area contributed by atoms with Crippen LogP contribution < -0.4 is 0 Å². The van der Waals surface area contributed by atoms with Gasteiger partial charge >= 0.3 is 0 Å². The standard InChI is InChI=1S/C21H29FN2O4S/c1-16(2)13-23(15-20(25)17-5-7-18(22)8-6-17)14-19-9-10-21(28-19)29(26,27)24-11-3-4-12-24/h5-10,16,20,25H,3-4,11-15H2,1-2H3. The van der Waals surface area contributed by atoms with Crippen LogP contribution in [0.4, 0.5) is 4.39 Å². The van der Waals surface area contributed by atoms with Gasteiger partial charge in [-0.15, -0.1) is 0 Å². The molecule has 1 unspecified atom stereocenters. The Bertz CT molecular complexity index is 890. The quantitative estimate of drug-likeness (QED) is 0.668. The number of hydrogen-bond acceptors (Lipinski definition) is 5. The monoisotopic (exact) mass is 424 g/mol. The molecule has 1 fully saturated rings. The molecule has 1 aromatic heterocycles. The molecule has 1 aromatic carbocycles. The van der Waals surface area contributed by atoms with Gasteiger partial charge in [0.2, 0.25) is 5.09 Å². The van der Waals surface area contributed by atoms with E-state index in [0.29, 0.717) is 50.0 Å².